The van der Waals surface area contributed by atoms with Gasteiger partial charge in [0.15, 0.2) is 0 Å². The number of hydrogen-bond donors (Lipinski definition) is 1. The highest BCUT2D eigenvalue weighted by atomic mass is 32.1. The van der Waals surface area contributed by atoms with Gasteiger partial charge < -0.3 is 5.73 Å². The van der Waals surface area contributed by atoms with Crippen LogP contribution >= 0.6 is 11.3 Å². The fraction of sp³-hybridized carbons (Fsp3) is 0.250. The van der Waals surface area contributed by atoms with E-state index in [4.69, 9.17) is 5.73 Å². The fourth-order valence-electron chi connectivity index (χ4n) is 1.71. The van der Waals surface area contributed by atoms with E-state index in [1.54, 1.807) is 11.3 Å². The lowest BCUT2D eigenvalue weighted by Gasteiger charge is -2.13. The number of hydrogen-bond acceptors (Lipinski definition) is 3. The van der Waals surface area contributed by atoms with Crippen molar-refractivity contribution in [3.8, 4) is 0 Å². The number of aromatic nitrogens is 1. The molecule has 1 atom stereocenters. The summed E-state index contributed by atoms with van der Waals surface area (Å²) in [6, 6.07) is 6.33. The van der Waals surface area contributed by atoms with Crippen LogP contribution in [0.15, 0.2) is 29.9 Å². The van der Waals surface area contributed by atoms with Gasteiger partial charge in [-0.3, -0.25) is 4.98 Å². The molecule has 1 heterocycles. The van der Waals surface area contributed by atoms with E-state index in [-0.39, 0.29) is 6.04 Å². The number of nitrogens with zero attached hydrogens (tertiary/aromatic N) is 1. The fourth-order valence-corrected chi connectivity index (χ4v) is 2.35. The maximum Gasteiger partial charge on any atom is 0.0794 e. The largest absolute Gasteiger partial charge is 0.320 e. The smallest absolute Gasteiger partial charge is 0.0794 e. The first kappa shape index (κ1) is 10.3. The van der Waals surface area contributed by atoms with E-state index in [9.17, 15) is 0 Å². The van der Waals surface area contributed by atoms with Crippen LogP contribution in [0.4, 0.5) is 0 Å². The zero-order chi connectivity index (χ0) is 10.8. The van der Waals surface area contributed by atoms with Crippen molar-refractivity contribution in [1.82, 2.24) is 4.98 Å². The van der Waals surface area contributed by atoms with Crippen molar-refractivity contribution < 1.29 is 0 Å². The first-order chi connectivity index (χ1) is 7.18. The Balaban J connectivity index is 2.38. The molecule has 0 aliphatic rings. The standard InChI is InChI=1S/C12H14N2S/c1-8-3-4-10(9(2)5-8)12(13)11-6-14-7-15-11/h3-7,12H,13H2,1-2H3. The Labute approximate surface area is 93.8 Å². The van der Waals surface area contributed by atoms with Crippen molar-refractivity contribution in [3.63, 3.8) is 0 Å². The Morgan fingerprint density at radius 2 is 2.13 bits per heavy atom. The molecule has 0 aliphatic heterocycles. The number of nitrogens with two attached hydrogens (primary N) is 1. The van der Waals surface area contributed by atoms with E-state index >= 15 is 0 Å². The number of rotatable bonds is 2. The molecule has 78 valence electrons. The van der Waals surface area contributed by atoms with E-state index in [1.807, 2.05) is 11.7 Å². The van der Waals surface area contributed by atoms with E-state index in [0.29, 0.717) is 0 Å². The van der Waals surface area contributed by atoms with E-state index < -0.39 is 0 Å². The van der Waals surface area contributed by atoms with E-state index in [0.717, 1.165) is 4.88 Å². The SMILES string of the molecule is Cc1ccc(C(N)c2cncs2)c(C)c1. The van der Waals surface area contributed by atoms with Crippen molar-refractivity contribution >= 4 is 11.3 Å². The molecule has 0 amide bonds. The van der Waals surface area contributed by atoms with Crippen LogP contribution in [0.5, 0.6) is 0 Å². The van der Waals surface area contributed by atoms with Crippen LogP contribution in [0.2, 0.25) is 0 Å². The maximum atomic E-state index is 6.18. The maximum absolute atomic E-state index is 6.18. The second-order valence-electron chi connectivity index (χ2n) is 3.74. The van der Waals surface area contributed by atoms with Crippen LogP contribution in [-0.4, -0.2) is 4.98 Å². The summed E-state index contributed by atoms with van der Waals surface area (Å²) in [5, 5.41) is 0. The predicted octanol–water partition coefficient (Wildman–Crippen LogP) is 2.81. The molecule has 0 saturated heterocycles. The van der Waals surface area contributed by atoms with Crippen LogP contribution in [0.25, 0.3) is 0 Å². The molecule has 2 rings (SSSR count). The Bertz CT molecular complexity index is 449. The minimum Gasteiger partial charge on any atom is -0.320 e. The molecule has 0 spiro atoms. The molecule has 2 aromatic rings. The van der Waals surface area contributed by atoms with Crippen molar-refractivity contribution in [2.45, 2.75) is 19.9 Å². The number of aryl methyl sites for hydroxylation is 2. The molecule has 1 aromatic carbocycles. The molecule has 3 heteroatoms. The van der Waals surface area contributed by atoms with Gasteiger partial charge in [0.25, 0.3) is 0 Å². The zero-order valence-electron chi connectivity index (χ0n) is 8.90. The third-order valence-corrected chi connectivity index (χ3v) is 3.38. The van der Waals surface area contributed by atoms with Gasteiger partial charge in [-0.25, -0.2) is 0 Å². The van der Waals surface area contributed by atoms with Crippen LogP contribution < -0.4 is 5.73 Å². The summed E-state index contributed by atoms with van der Waals surface area (Å²) in [5.41, 5.74) is 11.7. The highest BCUT2D eigenvalue weighted by molar-refractivity contribution is 7.09. The van der Waals surface area contributed by atoms with Crippen LogP contribution in [0, 0.1) is 13.8 Å². The minimum absolute atomic E-state index is 0.0434. The van der Waals surface area contributed by atoms with Gasteiger partial charge in [-0.2, -0.15) is 0 Å². The molecule has 1 unspecified atom stereocenters. The van der Waals surface area contributed by atoms with Crippen LogP contribution in [-0.2, 0) is 0 Å². The normalized spacial score (nSPS) is 12.7. The summed E-state index contributed by atoms with van der Waals surface area (Å²) >= 11 is 1.60. The molecule has 0 fully saturated rings. The summed E-state index contributed by atoms with van der Waals surface area (Å²) in [5.74, 6) is 0. The van der Waals surface area contributed by atoms with Crippen molar-refractivity contribution in [2.24, 2.45) is 5.73 Å². The van der Waals surface area contributed by atoms with Crippen molar-refractivity contribution in [3.05, 3.63) is 51.5 Å². The Morgan fingerprint density at radius 3 is 2.73 bits per heavy atom. The summed E-state index contributed by atoms with van der Waals surface area (Å²) in [7, 11) is 0. The van der Waals surface area contributed by atoms with Crippen molar-refractivity contribution in [2.75, 3.05) is 0 Å². The monoisotopic (exact) mass is 218 g/mol. The molecular weight excluding hydrogens is 204 g/mol. The molecule has 0 aliphatic carbocycles. The summed E-state index contributed by atoms with van der Waals surface area (Å²) in [6.07, 6.45) is 1.84. The highest BCUT2D eigenvalue weighted by Crippen LogP contribution is 2.25. The topological polar surface area (TPSA) is 38.9 Å². The molecule has 0 radical (unpaired) electrons. The van der Waals surface area contributed by atoms with Gasteiger partial charge in [0.05, 0.1) is 11.6 Å². The summed E-state index contributed by atoms with van der Waals surface area (Å²) in [6.45, 7) is 4.19. The van der Waals surface area contributed by atoms with E-state index in [2.05, 4.69) is 37.0 Å². The lowest BCUT2D eigenvalue weighted by molar-refractivity contribution is 0.877. The Hall–Kier alpha value is -1.19. The quantitative estimate of drug-likeness (QED) is 0.841. The van der Waals surface area contributed by atoms with Crippen LogP contribution in [0.1, 0.15) is 27.6 Å². The average Bonchev–Trinajstić information content (AvgIpc) is 2.69. The lowest BCUT2D eigenvalue weighted by Crippen LogP contribution is -2.11. The van der Waals surface area contributed by atoms with Crippen LogP contribution in [0.3, 0.4) is 0 Å². The molecule has 0 saturated carbocycles. The molecule has 0 bridgehead atoms. The summed E-state index contributed by atoms with van der Waals surface area (Å²) in [4.78, 5) is 5.17. The van der Waals surface area contributed by atoms with Gasteiger partial charge in [0.1, 0.15) is 0 Å². The number of thiazole rings is 1. The minimum atomic E-state index is -0.0434. The average molecular weight is 218 g/mol. The molecule has 2 N–H and O–H groups in total. The third-order valence-electron chi connectivity index (χ3n) is 2.52. The van der Waals surface area contributed by atoms with Crippen molar-refractivity contribution in [1.29, 1.82) is 0 Å². The third kappa shape index (κ3) is 2.08. The van der Waals surface area contributed by atoms with Gasteiger partial charge >= 0.3 is 0 Å². The second kappa shape index (κ2) is 4.13. The number of benzene rings is 1. The Kier molecular flexibility index (Phi) is 2.84. The Morgan fingerprint density at radius 1 is 1.33 bits per heavy atom. The zero-order valence-corrected chi connectivity index (χ0v) is 9.71. The predicted molar refractivity (Wildman–Crippen MR) is 64.1 cm³/mol. The molecular formula is C12H14N2S. The first-order valence-corrected chi connectivity index (χ1v) is 5.77. The molecule has 2 nitrogen and oxygen atoms in total. The van der Waals surface area contributed by atoms with E-state index in [1.165, 1.54) is 16.7 Å². The van der Waals surface area contributed by atoms with Gasteiger partial charge in [0, 0.05) is 11.1 Å². The van der Waals surface area contributed by atoms with Gasteiger partial charge in [0.2, 0.25) is 0 Å². The van der Waals surface area contributed by atoms with Gasteiger partial charge in [-0.05, 0) is 25.0 Å². The second-order valence-corrected chi connectivity index (χ2v) is 4.66. The highest BCUT2D eigenvalue weighted by Gasteiger charge is 2.12. The molecule has 1 aromatic heterocycles. The molecule has 15 heavy (non-hydrogen) atoms. The summed E-state index contributed by atoms with van der Waals surface area (Å²) < 4.78 is 0. The van der Waals surface area contributed by atoms with Gasteiger partial charge in [-0.1, -0.05) is 23.8 Å². The van der Waals surface area contributed by atoms with Gasteiger partial charge in [-0.15, -0.1) is 11.3 Å². The lowest BCUT2D eigenvalue weighted by atomic mass is 9.99. The first-order valence-electron chi connectivity index (χ1n) is 4.89.